The Kier molecular flexibility index (Phi) is 7.52. The molecule has 0 radical (unpaired) electrons. The number of nitrogens with two attached hydrogens (primary N) is 2. The molecule has 0 fully saturated rings. The fourth-order valence-electron chi connectivity index (χ4n) is 2.58. The van der Waals surface area contributed by atoms with Crippen LogP contribution in [0.15, 0.2) is 11.1 Å². The van der Waals surface area contributed by atoms with Gasteiger partial charge in [0.1, 0.15) is 0 Å². The second kappa shape index (κ2) is 8.77. The van der Waals surface area contributed by atoms with E-state index in [4.69, 9.17) is 11.5 Å². The maximum absolute atomic E-state index is 5.84. The van der Waals surface area contributed by atoms with Crippen molar-refractivity contribution in [3.8, 4) is 0 Å². The first-order chi connectivity index (χ1) is 7.88. The summed E-state index contributed by atoms with van der Waals surface area (Å²) in [6, 6.07) is 0. The summed E-state index contributed by atoms with van der Waals surface area (Å²) < 4.78 is 0. The normalized spacial score (nSPS) is 21.4. The van der Waals surface area contributed by atoms with E-state index in [1.807, 2.05) is 0 Å². The highest BCUT2D eigenvalue weighted by atomic mass is 14.6. The molecule has 1 rings (SSSR count). The highest BCUT2D eigenvalue weighted by molar-refractivity contribution is 5.16. The van der Waals surface area contributed by atoms with E-state index in [9.17, 15) is 0 Å². The van der Waals surface area contributed by atoms with Gasteiger partial charge in [0.2, 0.25) is 0 Å². The maximum Gasteiger partial charge on any atom is 0.0140 e. The Hall–Kier alpha value is -0.340. The average molecular weight is 224 g/mol. The van der Waals surface area contributed by atoms with Crippen LogP contribution >= 0.6 is 0 Å². The molecule has 0 spiro atoms. The van der Waals surface area contributed by atoms with Crippen molar-refractivity contribution in [3.05, 3.63) is 11.1 Å². The van der Waals surface area contributed by atoms with Crippen molar-refractivity contribution in [3.63, 3.8) is 0 Å². The molecule has 0 amide bonds. The van der Waals surface area contributed by atoms with E-state index < -0.39 is 0 Å². The van der Waals surface area contributed by atoms with Crippen molar-refractivity contribution in [1.82, 2.24) is 0 Å². The van der Waals surface area contributed by atoms with Gasteiger partial charge < -0.3 is 11.5 Å². The molecule has 0 aromatic rings. The zero-order valence-electron chi connectivity index (χ0n) is 10.6. The highest BCUT2D eigenvalue weighted by Crippen LogP contribution is 2.20. The van der Waals surface area contributed by atoms with Crippen molar-refractivity contribution >= 4 is 0 Å². The first-order valence-corrected chi connectivity index (χ1v) is 6.98. The summed E-state index contributed by atoms with van der Waals surface area (Å²) in [6.45, 7) is 1.43. The zero-order chi connectivity index (χ0) is 11.6. The van der Waals surface area contributed by atoms with Gasteiger partial charge in [-0.05, 0) is 25.7 Å². The summed E-state index contributed by atoms with van der Waals surface area (Å²) in [4.78, 5) is 0. The van der Waals surface area contributed by atoms with Crippen LogP contribution in [0, 0.1) is 0 Å². The second-order valence-electron chi connectivity index (χ2n) is 4.94. The van der Waals surface area contributed by atoms with Gasteiger partial charge in [0.05, 0.1) is 0 Å². The van der Waals surface area contributed by atoms with Gasteiger partial charge in [0, 0.05) is 13.1 Å². The lowest BCUT2D eigenvalue weighted by atomic mass is 9.95. The van der Waals surface area contributed by atoms with Gasteiger partial charge in [-0.3, -0.25) is 0 Å². The van der Waals surface area contributed by atoms with Gasteiger partial charge in [-0.1, -0.05) is 49.7 Å². The molecule has 2 heteroatoms. The largest absolute Gasteiger partial charge is 0.327 e. The van der Waals surface area contributed by atoms with Gasteiger partial charge in [-0.25, -0.2) is 0 Å². The smallest absolute Gasteiger partial charge is 0.0140 e. The monoisotopic (exact) mass is 224 g/mol. The Balaban J connectivity index is 2.54. The summed E-state index contributed by atoms with van der Waals surface area (Å²) >= 11 is 0. The van der Waals surface area contributed by atoms with E-state index >= 15 is 0 Å². The predicted octanol–water partition coefficient (Wildman–Crippen LogP) is 3.12. The number of hydrogen-bond acceptors (Lipinski definition) is 2. The van der Waals surface area contributed by atoms with E-state index in [1.54, 1.807) is 0 Å². The number of rotatable bonds is 2. The van der Waals surface area contributed by atoms with Crippen LogP contribution in [0.5, 0.6) is 0 Å². The molecule has 0 heterocycles. The average Bonchev–Trinajstić information content (AvgIpc) is 2.30. The van der Waals surface area contributed by atoms with Crippen molar-refractivity contribution in [1.29, 1.82) is 0 Å². The van der Waals surface area contributed by atoms with Crippen LogP contribution in [-0.2, 0) is 0 Å². The van der Waals surface area contributed by atoms with Gasteiger partial charge in [0.15, 0.2) is 0 Å². The van der Waals surface area contributed by atoms with E-state index in [0.29, 0.717) is 13.1 Å². The Morgan fingerprint density at radius 1 is 0.562 bits per heavy atom. The first kappa shape index (κ1) is 13.7. The lowest BCUT2D eigenvalue weighted by Crippen LogP contribution is -2.13. The Bertz CT molecular complexity index is 187. The zero-order valence-corrected chi connectivity index (χ0v) is 10.6. The molecule has 1 aliphatic rings. The summed E-state index contributed by atoms with van der Waals surface area (Å²) in [7, 11) is 0. The molecule has 0 aromatic heterocycles. The quantitative estimate of drug-likeness (QED) is 0.708. The van der Waals surface area contributed by atoms with Crippen LogP contribution in [0.3, 0.4) is 0 Å². The highest BCUT2D eigenvalue weighted by Gasteiger charge is 2.05. The fraction of sp³-hybridized carbons (Fsp3) is 0.857. The molecule has 0 saturated carbocycles. The Morgan fingerprint density at radius 3 is 1.19 bits per heavy atom. The van der Waals surface area contributed by atoms with Crippen molar-refractivity contribution in [2.45, 2.75) is 64.2 Å². The summed E-state index contributed by atoms with van der Waals surface area (Å²) in [5.41, 5.74) is 14.6. The minimum atomic E-state index is 0.715. The summed E-state index contributed by atoms with van der Waals surface area (Å²) in [5, 5.41) is 0. The third kappa shape index (κ3) is 5.13. The second-order valence-corrected chi connectivity index (χ2v) is 4.94. The van der Waals surface area contributed by atoms with Crippen LogP contribution in [0.4, 0.5) is 0 Å². The van der Waals surface area contributed by atoms with E-state index in [2.05, 4.69) is 0 Å². The molecule has 0 unspecified atom stereocenters. The molecule has 16 heavy (non-hydrogen) atoms. The Morgan fingerprint density at radius 2 is 0.875 bits per heavy atom. The molecule has 1 aliphatic carbocycles. The molecule has 0 aromatic carbocycles. The third-order valence-electron chi connectivity index (χ3n) is 3.70. The lowest BCUT2D eigenvalue weighted by Gasteiger charge is -2.14. The molecule has 0 bridgehead atoms. The van der Waals surface area contributed by atoms with Gasteiger partial charge in [-0.15, -0.1) is 0 Å². The van der Waals surface area contributed by atoms with E-state index in [1.165, 1.54) is 75.4 Å². The van der Waals surface area contributed by atoms with Crippen molar-refractivity contribution < 1.29 is 0 Å². The van der Waals surface area contributed by atoms with Crippen molar-refractivity contribution in [2.24, 2.45) is 11.5 Å². The van der Waals surface area contributed by atoms with Crippen LogP contribution < -0.4 is 11.5 Å². The fourth-order valence-corrected chi connectivity index (χ4v) is 2.58. The Labute approximate surface area is 100 Å². The van der Waals surface area contributed by atoms with Crippen LogP contribution in [0.2, 0.25) is 0 Å². The molecule has 0 atom stereocenters. The lowest BCUT2D eigenvalue weighted by molar-refractivity contribution is 0.555. The molecule has 0 saturated heterocycles. The summed E-state index contributed by atoms with van der Waals surface area (Å²) in [6.07, 6.45) is 13.3. The maximum atomic E-state index is 5.84. The van der Waals surface area contributed by atoms with Crippen LogP contribution in [0.1, 0.15) is 64.2 Å². The predicted molar refractivity (Wildman–Crippen MR) is 71.3 cm³/mol. The summed E-state index contributed by atoms with van der Waals surface area (Å²) in [5.74, 6) is 0. The van der Waals surface area contributed by atoms with E-state index in [0.717, 1.165) is 0 Å². The van der Waals surface area contributed by atoms with Crippen LogP contribution in [0.25, 0.3) is 0 Å². The standard InChI is InChI=1S/C14H28N2/c15-11-13-9-7-5-3-1-2-4-6-8-10-14(13)12-16/h1-12,15-16H2. The minimum absolute atomic E-state index is 0.715. The van der Waals surface area contributed by atoms with Gasteiger partial charge in [0.25, 0.3) is 0 Å². The van der Waals surface area contributed by atoms with Gasteiger partial charge >= 0.3 is 0 Å². The topological polar surface area (TPSA) is 52.0 Å². The molecule has 0 aliphatic heterocycles. The number of hydrogen-bond donors (Lipinski definition) is 2. The molecule has 4 N–H and O–H groups in total. The molecule has 2 nitrogen and oxygen atoms in total. The van der Waals surface area contributed by atoms with Crippen LogP contribution in [-0.4, -0.2) is 13.1 Å². The minimum Gasteiger partial charge on any atom is -0.327 e. The van der Waals surface area contributed by atoms with Gasteiger partial charge in [-0.2, -0.15) is 0 Å². The van der Waals surface area contributed by atoms with E-state index in [-0.39, 0.29) is 0 Å². The first-order valence-electron chi connectivity index (χ1n) is 6.98. The molecular formula is C14H28N2. The molecular weight excluding hydrogens is 196 g/mol. The SMILES string of the molecule is NCC1=C(CN)CCCCCCCCCC1. The molecule has 94 valence electrons. The third-order valence-corrected chi connectivity index (χ3v) is 3.70. The van der Waals surface area contributed by atoms with Crippen molar-refractivity contribution in [2.75, 3.05) is 13.1 Å².